The standard InChI is InChI=1S/C10H5F3N2O3S/c11-10(12,13)6-1-2-14-3-5(6)8-15-7(4-19-8)18-9(16)17/h1-4H,(H,16,17). The minimum absolute atomic E-state index is 0.0170. The van der Waals surface area contributed by atoms with Crippen LogP contribution in [0.1, 0.15) is 5.56 Å². The van der Waals surface area contributed by atoms with Gasteiger partial charge in [0, 0.05) is 18.0 Å². The molecule has 19 heavy (non-hydrogen) atoms. The molecule has 2 rings (SSSR count). The third-order valence-corrected chi connectivity index (χ3v) is 2.89. The van der Waals surface area contributed by atoms with Crippen LogP contribution < -0.4 is 4.74 Å². The molecule has 0 fully saturated rings. The quantitative estimate of drug-likeness (QED) is 0.859. The van der Waals surface area contributed by atoms with Crippen molar-refractivity contribution in [2.24, 2.45) is 0 Å². The monoisotopic (exact) mass is 290 g/mol. The van der Waals surface area contributed by atoms with E-state index in [9.17, 15) is 18.0 Å². The molecule has 0 unspecified atom stereocenters. The SMILES string of the molecule is O=C(O)Oc1csc(-c2cnccc2C(F)(F)F)n1. The fourth-order valence-corrected chi connectivity index (χ4v) is 2.08. The highest BCUT2D eigenvalue weighted by molar-refractivity contribution is 7.13. The van der Waals surface area contributed by atoms with Gasteiger partial charge in [-0.05, 0) is 6.07 Å². The number of aromatic nitrogens is 2. The van der Waals surface area contributed by atoms with Crippen molar-refractivity contribution in [3.05, 3.63) is 29.4 Å². The molecule has 0 aromatic carbocycles. The van der Waals surface area contributed by atoms with Gasteiger partial charge < -0.3 is 9.84 Å². The van der Waals surface area contributed by atoms with Crippen molar-refractivity contribution in [1.82, 2.24) is 9.97 Å². The molecule has 2 aromatic rings. The minimum atomic E-state index is -4.54. The van der Waals surface area contributed by atoms with E-state index in [2.05, 4.69) is 14.7 Å². The molecule has 2 aromatic heterocycles. The Morgan fingerprint density at radius 3 is 2.79 bits per heavy atom. The second kappa shape index (κ2) is 4.84. The van der Waals surface area contributed by atoms with Gasteiger partial charge in [0.15, 0.2) is 0 Å². The molecule has 0 saturated heterocycles. The van der Waals surface area contributed by atoms with Crippen molar-refractivity contribution in [2.45, 2.75) is 6.18 Å². The third kappa shape index (κ3) is 2.99. The molecular weight excluding hydrogens is 285 g/mol. The van der Waals surface area contributed by atoms with Crippen molar-refractivity contribution in [1.29, 1.82) is 0 Å². The van der Waals surface area contributed by atoms with Gasteiger partial charge in [0.25, 0.3) is 0 Å². The first-order valence-corrected chi connectivity index (χ1v) is 5.64. The lowest BCUT2D eigenvalue weighted by Crippen LogP contribution is -2.07. The van der Waals surface area contributed by atoms with Crippen LogP contribution in [0.2, 0.25) is 0 Å². The summed E-state index contributed by atoms with van der Waals surface area (Å²) in [4.78, 5) is 17.6. The molecule has 0 saturated carbocycles. The zero-order chi connectivity index (χ0) is 14.0. The molecule has 0 amide bonds. The van der Waals surface area contributed by atoms with E-state index in [1.165, 1.54) is 5.38 Å². The second-order valence-electron chi connectivity index (χ2n) is 3.28. The van der Waals surface area contributed by atoms with Crippen LogP contribution >= 0.6 is 11.3 Å². The topological polar surface area (TPSA) is 72.3 Å². The number of hydrogen-bond acceptors (Lipinski definition) is 5. The number of thiazole rings is 1. The smallest absolute Gasteiger partial charge is 0.449 e. The summed E-state index contributed by atoms with van der Waals surface area (Å²) in [6.07, 6.45) is -4.09. The van der Waals surface area contributed by atoms with Gasteiger partial charge in [-0.1, -0.05) is 0 Å². The summed E-state index contributed by atoms with van der Waals surface area (Å²) in [6.45, 7) is 0. The van der Waals surface area contributed by atoms with E-state index < -0.39 is 17.9 Å². The van der Waals surface area contributed by atoms with E-state index in [-0.39, 0.29) is 16.5 Å². The lowest BCUT2D eigenvalue weighted by atomic mass is 10.1. The Morgan fingerprint density at radius 1 is 1.42 bits per heavy atom. The molecule has 0 aliphatic heterocycles. The Kier molecular flexibility index (Phi) is 3.38. The van der Waals surface area contributed by atoms with Gasteiger partial charge in [0.1, 0.15) is 5.01 Å². The van der Waals surface area contributed by atoms with Gasteiger partial charge in [-0.2, -0.15) is 13.2 Å². The molecule has 5 nitrogen and oxygen atoms in total. The number of ether oxygens (including phenoxy) is 1. The number of alkyl halides is 3. The van der Waals surface area contributed by atoms with E-state index in [0.29, 0.717) is 0 Å². The van der Waals surface area contributed by atoms with Gasteiger partial charge in [0.05, 0.1) is 10.9 Å². The first kappa shape index (κ1) is 13.3. The summed E-state index contributed by atoms with van der Waals surface area (Å²) in [6, 6.07) is 0.828. The Hall–Kier alpha value is -2.16. The molecule has 9 heteroatoms. The molecule has 0 spiro atoms. The molecule has 0 aliphatic carbocycles. The van der Waals surface area contributed by atoms with Crippen molar-refractivity contribution in [2.75, 3.05) is 0 Å². The summed E-state index contributed by atoms with van der Waals surface area (Å²) in [5, 5.41) is 9.57. The van der Waals surface area contributed by atoms with Gasteiger partial charge in [-0.3, -0.25) is 4.98 Å². The Bertz CT molecular complexity index is 612. The maximum Gasteiger partial charge on any atom is 0.512 e. The molecule has 0 radical (unpaired) electrons. The highest BCUT2D eigenvalue weighted by Gasteiger charge is 2.34. The minimum Gasteiger partial charge on any atom is -0.449 e. The van der Waals surface area contributed by atoms with Crippen molar-refractivity contribution in [3.63, 3.8) is 0 Å². The number of pyridine rings is 1. The Balaban J connectivity index is 2.42. The van der Waals surface area contributed by atoms with Crippen molar-refractivity contribution >= 4 is 17.5 Å². The van der Waals surface area contributed by atoms with Crippen LogP contribution in [0.5, 0.6) is 5.88 Å². The van der Waals surface area contributed by atoms with Gasteiger partial charge in [0.2, 0.25) is 5.88 Å². The molecule has 1 N–H and O–H groups in total. The average molecular weight is 290 g/mol. The molecule has 2 heterocycles. The molecule has 0 aliphatic rings. The van der Waals surface area contributed by atoms with Crippen LogP contribution in [0.3, 0.4) is 0 Å². The fourth-order valence-electron chi connectivity index (χ4n) is 1.33. The van der Waals surface area contributed by atoms with E-state index in [1.54, 1.807) is 0 Å². The molecule has 100 valence electrons. The number of halogens is 3. The predicted octanol–water partition coefficient (Wildman–Crippen LogP) is 3.28. The van der Waals surface area contributed by atoms with Crippen LogP contribution in [-0.4, -0.2) is 21.2 Å². The number of hydrogen-bond donors (Lipinski definition) is 1. The van der Waals surface area contributed by atoms with Gasteiger partial charge in [-0.25, -0.2) is 9.78 Å². The van der Waals surface area contributed by atoms with Crippen LogP contribution in [0.4, 0.5) is 18.0 Å². The lowest BCUT2D eigenvalue weighted by molar-refractivity contribution is -0.137. The summed E-state index contributed by atoms with van der Waals surface area (Å²) in [5.74, 6) is -0.274. The molecule has 0 atom stereocenters. The number of nitrogens with zero attached hydrogens (tertiary/aromatic N) is 2. The van der Waals surface area contributed by atoms with E-state index in [1.807, 2.05) is 0 Å². The van der Waals surface area contributed by atoms with E-state index >= 15 is 0 Å². The van der Waals surface area contributed by atoms with Gasteiger partial charge in [-0.15, -0.1) is 11.3 Å². The zero-order valence-corrected chi connectivity index (χ0v) is 9.83. The normalized spacial score (nSPS) is 11.3. The third-order valence-electron chi connectivity index (χ3n) is 2.03. The maximum absolute atomic E-state index is 12.8. The first-order chi connectivity index (χ1) is 8.88. The highest BCUT2D eigenvalue weighted by Crippen LogP contribution is 2.38. The van der Waals surface area contributed by atoms with E-state index in [4.69, 9.17) is 5.11 Å². The highest BCUT2D eigenvalue weighted by atomic mass is 32.1. The maximum atomic E-state index is 12.8. The summed E-state index contributed by atoms with van der Waals surface area (Å²) in [7, 11) is 0. The average Bonchev–Trinajstić information content (AvgIpc) is 2.75. The predicted molar refractivity (Wildman–Crippen MR) is 59.0 cm³/mol. The van der Waals surface area contributed by atoms with Crippen LogP contribution in [-0.2, 0) is 6.18 Å². The lowest BCUT2D eigenvalue weighted by Gasteiger charge is -2.09. The summed E-state index contributed by atoms with van der Waals surface area (Å²) in [5.41, 5.74) is -1.11. The molecular formula is C10H5F3N2O3S. The first-order valence-electron chi connectivity index (χ1n) is 4.76. The van der Waals surface area contributed by atoms with Crippen molar-refractivity contribution in [3.8, 4) is 16.5 Å². The van der Waals surface area contributed by atoms with Crippen molar-refractivity contribution < 1.29 is 27.8 Å². The van der Waals surface area contributed by atoms with Crippen LogP contribution in [0, 0.1) is 0 Å². The Morgan fingerprint density at radius 2 is 2.16 bits per heavy atom. The fraction of sp³-hybridized carbons (Fsp3) is 0.100. The molecule has 0 bridgehead atoms. The largest absolute Gasteiger partial charge is 0.512 e. The van der Waals surface area contributed by atoms with E-state index in [0.717, 1.165) is 29.8 Å². The Labute approximate surface area is 108 Å². The number of rotatable bonds is 2. The second-order valence-corrected chi connectivity index (χ2v) is 4.14. The number of carboxylic acid groups (broad SMARTS) is 1. The number of carbonyl (C=O) groups is 1. The zero-order valence-electron chi connectivity index (χ0n) is 9.01. The van der Waals surface area contributed by atoms with Crippen LogP contribution in [0.15, 0.2) is 23.8 Å². The van der Waals surface area contributed by atoms with Gasteiger partial charge >= 0.3 is 12.3 Å². The summed E-state index contributed by atoms with van der Waals surface area (Å²) >= 11 is 0.835. The van der Waals surface area contributed by atoms with Crippen LogP contribution in [0.25, 0.3) is 10.6 Å². The summed E-state index contributed by atoms with van der Waals surface area (Å²) < 4.78 is 42.6.